The lowest BCUT2D eigenvalue weighted by Gasteiger charge is -2.17. The molecule has 0 amide bonds. The van der Waals surface area contributed by atoms with Crippen LogP contribution in [-0.2, 0) is 0 Å². The van der Waals surface area contributed by atoms with Gasteiger partial charge >= 0.3 is 0 Å². The second-order valence-electron chi connectivity index (χ2n) is 3.53. The van der Waals surface area contributed by atoms with E-state index in [1.54, 1.807) is 0 Å². The van der Waals surface area contributed by atoms with Gasteiger partial charge in [-0.2, -0.15) is 0 Å². The first-order valence-electron chi connectivity index (χ1n) is 5.27. The fraction of sp³-hybridized carbons (Fsp3) is 0.818. The van der Waals surface area contributed by atoms with E-state index in [9.17, 15) is 0 Å². The molecule has 0 aromatic carbocycles. The van der Waals surface area contributed by atoms with Crippen LogP contribution in [0.4, 0.5) is 0 Å². The Morgan fingerprint density at radius 1 is 1.31 bits per heavy atom. The molecule has 0 aliphatic heterocycles. The van der Waals surface area contributed by atoms with E-state index in [1.165, 1.54) is 32.1 Å². The van der Waals surface area contributed by atoms with Crippen LogP contribution in [0.3, 0.4) is 0 Å². The summed E-state index contributed by atoms with van der Waals surface area (Å²) < 4.78 is 1.05. The Kier molecular flexibility index (Phi) is 8.89. The van der Waals surface area contributed by atoms with Gasteiger partial charge in [-0.05, 0) is 12.8 Å². The molecule has 0 heterocycles. The first-order valence-corrected chi connectivity index (χ1v) is 6.06. The Labute approximate surface area is 91.1 Å². The molecule has 0 bridgehead atoms. The number of unbranched alkanes of at least 4 members (excludes halogenated alkanes) is 1. The molecule has 1 nitrogen and oxygen atoms in total. The average molecular weight is 248 g/mol. The smallest absolute Gasteiger partial charge is 0.0268 e. The number of hydrogen-bond donors (Lipinski definition) is 1. The lowest BCUT2D eigenvalue weighted by Crippen LogP contribution is -2.29. The predicted molar refractivity (Wildman–Crippen MR) is 64.3 cm³/mol. The zero-order chi connectivity index (χ0) is 10.1. The molecule has 0 saturated carbocycles. The largest absolute Gasteiger partial charge is 0.309 e. The highest BCUT2D eigenvalue weighted by Gasteiger charge is 2.05. The van der Waals surface area contributed by atoms with Crippen molar-refractivity contribution in [3.05, 3.63) is 11.1 Å². The van der Waals surface area contributed by atoms with Gasteiger partial charge in [-0.3, -0.25) is 0 Å². The van der Waals surface area contributed by atoms with Gasteiger partial charge in [0.15, 0.2) is 0 Å². The van der Waals surface area contributed by atoms with E-state index in [0.717, 1.165) is 11.0 Å². The van der Waals surface area contributed by atoms with E-state index in [0.29, 0.717) is 6.04 Å². The fourth-order valence-corrected chi connectivity index (χ4v) is 1.56. The molecule has 1 unspecified atom stereocenters. The number of rotatable bonds is 8. The summed E-state index contributed by atoms with van der Waals surface area (Å²) >= 11 is 3.37. The molecular weight excluding hydrogens is 226 g/mol. The van der Waals surface area contributed by atoms with Crippen LogP contribution in [0, 0.1) is 0 Å². The maximum Gasteiger partial charge on any atom is 0.0268 e. The SMILES string of the molecule is C=C(Br)CNC(CCC)CCCC. The van der Waals surface area contributed by atoms with Crippen LogP contribution in [0.2, 0.25) is 0 Å². The van der Waals surface area contributed by atoms with Crippen LogP contribution in [0.5, 0.6) is 0 Å². The summed E-state index contributed by atoms with van der Waals surface area (Å²) in [5.41, 5.74) is 0. The third kappa shape index (κ3) is 8.51. The Morgan fingerprint density at radius 2 is 2.00 bits per heavy atom. The van der Waals surface area contributed by atoms with Gasteiger partial charge in [-0.1, -0.05) is 55.6 Å². The van der Waals surface area contributed by atoms with E-state index in [1.807, 2.05) is 0 Å². The molecule has 0 spiro atoms. The summed E-state index contributed by atoms with van der Waals surface area (Å²) in [6.07, 6.45) is 6.45. The van der Waals surface area contributed by atoms with Gasteiger partial charge in [0.05, 0.1) is 0 Å². The van der Waals surface area contributed by atoms with Crippen molar-refractivity contribution in [1.82, 2.24) is 5.32 Å². The minimum absolute atomic E-state index is 0.680. The Balaban J connectivity index is 3.59. The maximum absolute atomic E-state index is 3.82. The van der Waals surface area contributed by atoms with Gasteiger partial charge in [-0.15, -0.1) is 0 Å². The first kappa shape index (κ1) is 13.2. The third-order valence-corrected chi connectivity index (χ3v) is 2.41. The zero-order valence-corrected chi connectivity index (χ0v) is 10.5. The molecule has 1 N–H and O–H groups in total. The molecule has 0 aliphatic carbocycles. The van der Waals surface area contributed by atoms with Crippen molar-refractivity contribution < 1.29 is 0 Å². The summed E-state index contributed by atoms with van der Waals surface area (Å²) in [4.78, 5) is 0. The molecule has 0 aliphatic rings. The van der Waals surface area contributed by atoms with Gasteiger partial charge < -0.3 is 5.32 Å². The van der Waals surface area contributed by atoms with Crippen molar-refractivity contribution in [2.45, 2.75) is 52.0 Å². The Morgan fingerprint density at radius 3 is 2.46 bits per heavy atom. The van der Waals surface area contributed by atoms with Gasteiger partial charge in [0.2, 0.25) is 0 Å². The van der Waals surface area contributed by atoms with Crippen molar-refractivity contribution in [1.29, 1.82) is 0 Å². The molecule has 0 fully saturated rings. The van der Waals surface area contributed by atoms with Crippen LogP contribution >= 0.6 is 15.9 Å². The van der Waals surface area contributed by atoms with Crippen molar-refractivity contribution in [3.63, 3.8) is 0 Å². The van der Waals surface area contributed by atoms with Gasteiger partial charge in [0.25, 0.3) is 0 Å². The molecule has 0 aromatic rings. The Bertz CT molecular complexity index is 134. The van der Waals surface area contributed by atoms with E-state index < -0.39 is 0 Å². The van der Waals surface area contributed by atoms with Crippen molar-refractivity contribution in [3.8, 4) is 0 Å². The quantitative estimate of drug-likeness (QED) is 0.688. The summed E-state index contributed by atoms with van der Waals surface area (Å²) in [5, 5.41) is 3.51. The molecular formula is C11H22BrN. The van der Waals surface area contributed by atoms with Crippen molar-refractivity contribution >= 4 is 15.9 Å². The number of halogens is 1. The van der Waals surface area contributed by atoms with Crippen LogP contribution in [-0.4, -0.2) is 12.6 Å². The third-order valence-electron chi connectivity index (χ3n) is 2.13. The van der Waals surface area contributed by atoms with E-state index >= 15 is 0 Å². The van der Waals surface area contributed by atoms with E-state index in [2.05, 4.69) is 41.7 Å². The number of hydrogen-bond acceptors (Lipinski definition) is 1. The van der Waals surface area contributed by atoms with E-state index in [-0.39, 0.29) is 0 Å². The highest BCUT2D eigenvalue weighted by atomic mass is 79.9. The summed E-state index contributed by atoms with van der Waals surface area (Å²) in [5.74, 6) is 0. The highest BCUT2D eigenvalue weighted by molar-refractivity contribution is 9.11. The summed E-state index contributed by atoms with van der Waals surface area (Å²) in [7, 11) is 0. The van der Waals surface area contributed by atoms with E-state index in [4.69, 9.17) is 0 Å². The predicted octanol–water partition coefficient (Wildman–Crippen LogP) is 3.84. The minimum atomic E-state index is 0.680. The van der Waals surface area contributed by atoms with Gasteiger partial charge in [0, 0.05) is 17.1 Å². The molecule has 0 aromatic heterocycles. The Hall–Kier alpha value is 0.180. The van der Waals surface area contributed by atoms with Crippen LogP contribution in [0.1, 0.15) is 46.0 Å². The first-order chi connectivity index (χ1) is 6.20. The molecule has 78 valence electrons. The molecule has 0 rings (SSSR count). The van der Waals surface area contributed by atoms with Crippen molar-refractivity contribution in [2.75, 3.05) is 6.54 Å². The number of nitrogens with one attached hydrogen (secondary N) is 1. The lowest BCUT2D eigenvalue weighted by molar-refractivity contribution is 0.452. The lowest BCUT2D eigenvalue weighted by atomic mass is 10.1. The zero-order valence-electron chi connectivity index (χ0n) is 8.91. The molecule has 1 atom stereocenters. The summed E-state index contributed by atoms with van der Waals surface area (Å²) in [6.45, 7) is 9.20. The summed E-state index contributed by atoms with van der Waals surface area (Å²) in [6, 6.07) is 0.680. The molecule has 0 radical (unpaired) electrons. The molecule has 13 heavy (non-hydrogen) atoms. The average Bonchev–Trinajstić information content (AvgIpc) is 2.09. The molecule has 2 heteroatoms. The fourth-order valence-electron chi connectivity index (χ4n) is 1.40. The standard InChI is InChI=1S/C11H22BrN/c1-4-6-8-11(7-5-2)13-9-10(3)12/h11,13H,3-9H2,1-2H3. The van der Waals surface area contributed by atoms with Crippen molar-refractivity contribution in [2.24, 2.45) is 0 Å². The normalized spacial score (nSPS) is 12.8. The van der Waals surface area contributed by atoms with Crippen LogP contribution < -0.4 is 5.32 Å². The van der Waals surface area contributed by atoms with Gasteiger partial charge in [-0.25, -0.2) is 0 Å². The van der Waals surface area contributed by atoms with Gasteiger partial charge in [0.1, 0.15) is 0 Å². The second-order valence-corrected chi connectivity index (χ2v) is 4.65. The van der Waals surface area contributed by atoms with Crippen LogP contribution in [0.25, 0.3) is 0 Å². The molecule has 0 saturated heterocycles. The monoisotopic (exact) mass is 247 g/mol. The topological polar surface area (TPSA) is 12.0 Å². The highest BCUT2D eigenvalue weighted by Crippen LogP contribution is 2.08. The van der Waals surface area contributed by atoms with Crippen LogP contribution in [0.15, 0.2) is 11.1 Å². The minimum Gasteiger partial charge on any atom is -0.309 e. The second kappa shape index (κ2) is 8.76. The maximum atomic E-state index is 3.82.